The fraction of sp³-hybridized carbons (Fsp3) is 0.667. The van der Waals surface area contributed by atoms with E-state index in [1.54, 1.807) is 20.0 Å². The Labute approximate surface area is 219 Å². The molecule has 1 aromatic carbocycles. The number of fused-ring (bicyclic) bond motifs is 1. The molecule has 206 valence electrons. The molecular weight excluding hydrogens is 477 g/mol. The summed E-state index contributed by atoms with van der Waals surface area (Å²) in [6.07, 6.45) is 6.08. The van der Waals surface area contributed by atoms with Crippen LogP contribution in [0, 0.1) is 11.7 Å². The number of nitrogens with one attached hydrogen (secondary N) is 3. The lowest BCUT2D eigenvalue weighted by Gasteiger charge is -2.30. The number of unbranched alkanes of at least 4 members (excludes halogenated alkanes) is 2. The van der Waals surface area contributed by atoms with E-state index >= 15 is 0 Å². The molecule has 0 bridgehead atoms. The number of nitrogens with two attached hydrogens (primary N) is 1. The number of hydrogen-bond donors (Lipinski definition) is 4. The third-order valence-corrected chi connectivity index (χ3v) is 7.17. The maximum atomic E-state index is 13.9. The maximum Gasteiger partial charge on any atom is 0.243 e. The minimum absolute atomic E-state index is 0.165. The van der Waals surface area contributed by atoms with E-state index < -0.39 is 18.1 Å². The average Bonchev–Trinajstić information content (AvgIpc) is 3.72. The Kier molecular flexibility index (Phi) is 11.1. The number of aryl methyl sites for hydroxylation is 1. The summed E-state index contributed by atoms with van der Waals surface area (Å²) in [5.41, 5.74) is 6.44. The molecule has 1 aliphatic heterocycles. The van der Waals surface area contributed by atoms with E-state index in [9.17, 15) is 18.8 Å². The Balaban J connectivity index is 1.77. The van der Waals surface area contributed by atoms with Crippen molar-refractivity contribution in [2.75, 3.05) is 33.3 Å². The molecule has 5 N–H and O–H groups in total. The Morgan fingerprint density at radius 2 is 1.89 bits per heavy atom. The highest BCUT2D eigenvalue weighted by molar-refractivity contribution is 5.93. The van der Waals surface area contributed by atoms with E-state index in [1.165, 1.54) is 17.0 Å². The number of halogens is 1. The normalized spacial score (nSPS) is 24.8. The molecule has 0 aromatic heterocycles. The Hall–Kier alpha value is -2.72. The van der Waals surface area contributed by atoms with Crippen LogP contribution in [-0.4, -0.2) is 74.0 Å². The van der Waals surface area contributed by atoms with Gasteiger partial charge in [0.25, 0.3) is 0 Å². The lowest BCUT2D eigenvalue weighted by molar-refractivity contribution is -0.141. The molecule has 3 amide bonds. The summed E-state index contributed by atoms with van der Waals surface area (Å²) in [6, 6.07) is 2.61. The van der Waals surface area contributed by atoms with Gasteiger partial charge in [0.1, 0.15) is 30.3 Å². The lowest BCUT2D eigenvalue weighted by Crippen LogP contribution is -2.56. The minimum atomic E-state index is -0.736. The number of hydrogen-bond acceptors (Lipinski definition) is 6. The molecule has 3 atom stereocenters. The molecule has 1 aliphatic carbocycles. The molecule has 1 heterocycles. The number of rotatable bonds is 6. The fourth-order valence-corrected chi connectivity index (χ4v) is 4.56. The van der Waals surface area contributed by atoms with Crippen molar-refractivity contribution < 1.29 is 23.5 Å². The highest BCUT2D eigenvalue weighted by Gasteiger charge is 2.39. The molecule has 0 spiro atoms. The zero-order chi connectivity index (χ0) is 26.8. The van der Waals surface area contributed by atoms with Crippen LogP contribution in [0.25, 0.3) is 0 Å². The molecule has 10 heteroatoms. The molecule has 1 fully saturated rings. The first kappa shape index (κ1) is 28.8. The van der Waals surface area contributed by atoms with E-state index in [0.717, 1.165) is 37.7 Å². The maximum absolute atomic E-state index is 13.9. The van der Waals surface area contributed by atoms with Crippen LogP contribution in [0.3, 0.4) is 0 Å². The first-order valence-corrected chi connectivity index (χ1v) is 13.5. The third kappa shape index (κ3) is 8.67. The molecule has 2 aliphatic rings. The molecule has 3 rings (SSSR count). The Morgan fingerprint density at radius 1 is 1.11 bits per heavy atom. The first-order valence-electron chi connectivity index (χ1n) is 13.5. The van der Waals surface area contributed by atoms with Crippen molar-refractivity contribution in [2.45, 2.75) is 76.4 Å². The fourth-order valence-electron chi connectivity index (χ4n) is 4.56. The topological polar surface area (TPSA) is 126 Å². The van der Waals surface area contributed by atoms with Crippen molar-refractivity contribution in [1.29, 1.82) is 0 Å². The van der Waals surface area contributed by atoms with Crippen LogP contribution in [0.15, 0.2) is 18.2 Å². The van der Waals surface area contributed by atoms with Gasteiger partial charge in [0.15, 0.2) is 0 Å². The quantitative estimate of drug-likeness (QED) is 0.422. The van der Waals surface area contributed by atoms with Gasteiger partial charge in [-0.2, -0.15) is 0 Å². The van der Waals surface area contributed by atoms with Crippen LogP contribution in [0.2, 0.25) is 0 Å². The zero-order valence-electron chi connectivity index (χ0n) is 22.1. The van der Waals surface area contributed by atoms with Gasteiger partial charge < -0.3 is 31.3 Å². The Morgan fingerprint density at radius 3 is 2.62 bits per heavy atom. The van der Waals surface area contributed by atoms with Crippen LogP contribution in [0.4, 0.5) is 4.39 Å². The van der Waals surface area contributed by atoms with Gasteiger partial charge in [-0.25, -0.2) is 4.39 Å². The molecule has 0 saturated heterocycles. The number of amides is 3. The third-order valence-electron chi connectivity index (χ3n) is 7.17. The van der Waals surface area contributed by atoms with E-state index in [4.69, 9.17) is 10.5 Å². The van der Waals surface area contributed by atoms with Crippen LogP contribution < -0.4 is 26.4 Å². The summed E-state index contributed by atoms with van der Waals surface area (Å²) < 4.78 is 19.8. The summed E-state index contributed by atoms with van der Waals surface area (Å²) >= 11 is 0. The monoisotopic (exact) mass is 519 g/mol. The van der Waals surface area contributed by atoms with Crippen molar-refractivity contribution in [2.24, 2.45) is 11.7 Å². The number of ether oxygens (including phenoxy) is 1. The van der Waals surface area contributed by atoms with Crippen LogP contribution in [0.1, 0.15) is 57.4 Å². The van der Waals surface area contributed by atoms with Gasteiger partial charge in [0.05, 0.1) is 6.04 Å². The number of nitrogens with zero attached hydrogens (tertiary/aromatic N) is 1. The van der Waals surface area contributed by atoms with E-state index in [-0.39, 0.29) is 36.1 Å². The largest absolute Gasteiger partial charge is 0.492 e. The van der Waals surface area contributed by atoms with Crippen molar-refractivity contribution in [1.82, 2.24) is 20.9 Å². The molecule has 0 radical (unpaired) electrons. The second-order valence-corrected chi connectivity index (χ2v) is 10.1. The standard InChI is InChI=1S/C27H42FN5O4/c1-18-25(34)32-22(8-4-3-5-13-29)26(35)31-14-6-7-19-11-12-21(28)17-23(19)37-16-15-30-24(20-9-10-20)27(36)33(18)2/h11-12,17-18,20,22,24,30H,3-10,13-16,29H2,1-2H3,(H,31,35)(H,32,34). The average molecular weight is 520 g/mol. The van der Waals surface area contributed by atoms with E-state index in [0.29, 0.717) is 44.6 Å². The SMILES string of the molecule is CC1C(=O)NC(CCCCCN)C(=O)NCCCc2ccc(F)cc2OCCNC(C2CC2)C(=O)N1C. The summed E-state index contributed by atoms with van der Waals surface area (Å²) in [5, 5.41) is 9.08. The van der Waals surface area contributed by atoms with E-state index in [1.807, 2.05) is 0 Å². The van der Waals surface area contributed by atoms with Gasteiger partial charge in [-0.05, 0) is 69.5 Å². The molecule has 37 heavy (non-hydrogen) atoms. The predicted molar refractivity (Wildman–Crippen MR) is 139 cm³/mol. The summed E-state index contributed by atoms with van der Waals surface area (Å²) in [4.78, 5) is 40.8. The van der Waals surface area contributed by atoms with Crippen LogP contribution in [-0.2, 0) is 20.8 Å². The minimum Gasteiger partial charge on any atom is -0.492 e. The highest BCUT2D eigenvalue weighted by atomic mass is 19.1. The van der Waals surface area contributed by atoms with Crippen LogP contribution in [0.5, 0.6) is 5.75 Å². The number of carbonyl (C=O) groups is 3. The van der Waals surface area contributed by atoms with Crippen molar-refractivity contribution >= 4 is 17.7 Å². The summed E-state index contributed by atoms with van der Waals surface area (Å²) in [7, 11) is 1.62. The van der Waals surface area contributed by atoms with Crippen molar-refractivity contribution in [3.63, 3.8) is 0 Å². The highest BCUT2D eigenvalue weighted by Crippen LogP contribution is 2.33. The van der Waals surface area contributed by atoms with Gasteiger partial charge >= 0.3 is 0 Å². The smallest absolute Gasteiger partial charge is 0.243 e. The second kappa shape index (κ2) is 14.3. The lowest BCUT2D eigenvalue weighted by atomic mass is 10.1. The molecule has 9 nitrogen and oxygen atoms in total. The second-order valence-electron chi connectivity index (χ2n) is 10.1. The molecule has 1 saturated carbocycles. The summed E-state index contributed by atoms with van der Waals surface area (Å²) in [5.74, 6) is -0.471. The van der Waals surface area contributed by atoms with Crippen molar-refractivity contribution in [3.8, 4) is 5.75 Å². The zero-order valence-corrected chi connectivity index (χ0v) is 22.1. The van der Waals surface area contributed by atoms with Crippen molar-refractivity contribution in [3.05, 3.63) is 29.6 Å². The first-order chi connectivity index (χ1) is 17.8. The van der Waals surface area contributed by atoms with Gasteiger partial charge in [-0.1, -0.05) is 18.9 Å². The predicted octanol–water partition coefficient (Wildman–Crippen LogP) is 1.49. The summed E-state index contributed by atoms with van der Waals surface area (Å²) in [6.45, 7) is 3.35. The van der Waals surface area contributed by atoms with Gasteiger partial charge in [-0.15, -0.1) is 0 Å². The number of likely N-dealkylation sites (N-methyl/N-ethyl adjacent to an activating group) is 1. The Bertz CT molecular complexity index is 926. The van der Waals surface area contributed by atoms with Gasteiger partial charge in [-0.3, -0.25) is 14.4 Å². The van der Waals surface area contributed by atoms with Crippen LogP contribution >= 0.6 is 0 Å². The van der Waals surface area contributed by atoms with Gasteiger partial charge in [0, 0.05) is 26.2 Å². The molecule has 3 unspecified atom stereocenters. The van der Waals surface area contributed by atoms with E-state index in [2.05, 4.69) is 16.0 Å². The number of carbonyl (C=O) groups excluding carboxylic acids is 3. The molecule has 1 aromatic rings. The molecular formula is C27H42FN5O4. The number of benzene rings is 1. The van der Waals surface area contributed by atoms with Gasteiger partial charge in [0.2, 0.25) is 17.7 Å².